The summed E-state index contributed by atoms with van der Waals surface area (Å²) >= 11 is 1.44. The first-order valence-electron chi connectivity index (χ1n) is 9.90. The number of rotatable bonds is 3. The van der Waals surface area contributed by atoms with Crippen LogP contribution >= 0.6 is 11.8 Å². The molecule has 0 fully saturated rings. The third kappa shape index (κ3) is 3.67. The average molecular weight is 447 g/mol. The molecule has 0 radical (unpaired) electrons. The fourth-order valence-electron chi connectivity index (χ4n) is 3.73. The van der Waals surface area contributed by atoms with Gasteiger partial charge in [0.05, 0.1) is 16.9 Å². The van der Waals surface area contributed by atoms with Crippen molar-refractivity contribution in [2.24, 2.45) is 0 Å². The van der Waals surface area contributed by atoms with Gasteiger partial charge in [0.15, 0.2) is 5.78 Å². The summed E-state index contributed by atoms with van der Waals surface area (Å²) in [4.78, 5) is 16.2. The number of hydrogen-bond donors (Lipinski definition) is 0. The van der Waals surface area contributed by atoms with Gasteiger partial charge in [0, 0.05) is 26.6 Å². The number of anilines is 3. The number of benzene rings is 4. The maximum Gasteiger partial charge on any atom is 0.416 e. The summed E-state index contributed by atoms with van der Waals surface area (Å²) in [6.07, 6.45) is -4.44. The Morgan fingerprint density at radius 3 is 2.03 bits per heavy atom. The van der Waals surface area contributed by atoms with E-state index in [9.17, 15) is 18.0 Å². The van der Waals surface area contributed by atoms with Crippen molar-refractivity contribution in [1.29, 1.82) is 0 Å². The third-order valence-corrected chi connectivity index (χ3v) is 6.41. The summed E-state index contributed by atoms with van der Waals surface area (Å²) in [6, 6.07) is 27.3. The summed E-state index contributed by atoms with van der Waals surface area (Å²) in [5, 5.41) is 0. The van der Waals surface area contributed by atoms with E-state index in [1.807, 2.05) is 35.2 Å². The molecular formula is C26H16F3NOS. The fraction of sp³-hybridized carbons (Fsp3) is 0.0385. The van der Waals surface area contributed by atoms with Gasteiger partial charge < -0.3 is 4.90 Å². The van der Waals surface area contributed by atoms with Crippen molar-refractivity contribution < 1.29 is 18.0 Å². The summed E-state index contributed by atoms with van der Waals surface area (Å²) in [5.74, 6) is -0.105. The van der Waals surface area contributed by atoms with Crippen molar-refractivity contribution in [3.05, 3.63) is 114 Å². The lowest BCUT2D eigenvalue weighted by molar-refractivity contribution is -0.137. The first kappa shape index (κ1) is 20.4. The normalized spacial score (nSPS) is 12.8. The zero-order valence-electron chi connectivity index (χ0n) is 16.6. The zero-order valence-corrected chi connectivity index (χ0v) is 17.5. The molecule has 0 saturated carbocycles. The second-order valence-electron chi connectivity index (χ2n) is 7.33. The Labute approximate surface area is 187 Å². The molecule has 1 heterocycles. The topological polar surface area (TPSA) is 20.3 Å². The van der Waals surface area contributed by atoms with Gasteiger partial charge >= 0.3 is 6.18 Å². The Hall–Kier alpha value is -3.51. The lowest BCUT2D eigenvalue weighted by Gasteiger charge is -2.33. The fourth-order valence-corrected chi connectivity index (χ4v) is 4.77. The molecule has 0 aromatic heterocycles. The van der Waals surface area contributed by atoms with E-state index in [4.69, 9.17) is 0 Å². The number of para-hydroxylation sites is 1. The van der Waals surface area contributed by atoms with Crippen LogP contribution in [0.4, 0.5) is 30.2 Å². The molecule has 0 spiro atoms. The van der Waals surface area contributed by atoms with E-state index in [1.54, 1.807) is 48.5 Å². The lowest BCUT2D eigenvalue weighted by Crippen LogP contribution is -2.16. The predicted molar refractivity (Wildman–Crippen MR) is 120 cm³/mol. The van der Waals surface area contributed by atoms with Crippen molar-refractivity contribution in [1.82, 2.24) is 0 Å². The molecule has 0 amide bonds. The van der Waals surface area contributed by atoms with Crippen LogP contribution in [0, 0.1) is 0 Å². The van der Waals surface area contributed by atoms with E-state index in [-0.39, 0.29) is 5.78 Å². The van der Waals surface area contributed by atoms with E-state index in [2.05, 4.69) is 0 Å². The van der Waals surface area contributed by atoms with Crippen molar-refractivity contribution >= 4 is 34.6 Å². The lowest BCUT2D eigenvalue weighted by atomic mass is 10.0. The second-order valence-corrected chi connectivity index (χ2v) is 8.41. The van der Waals surface area contributed by atoms with Gasteiger partial charge in [-0.05, 0) is 54.6 Å². The number of hydrogen-bond acceptors (Lipinski definition) is 3. The number of carbonyl (C=O) groups is 1. The van der Waals surface area contributed by atoms with E-state index in [1.165, 1.54) is 23.9 Å². The molecule has 0 N–H and O–H groups in total. The highest BCUT2D eigenvalue weighted by atomic mass is 32.2. The van der Waals surface area contributed by atoms with Gasteiger partial charge in [-0.15, -0.1) is 0 Å². The minimum atomic E-state index is -4.44. The monoisotopic (exact) mass is 447 g/mol. The van der Waals surface area contributed by atoms with Gasteiger partial charge in [0.1, 0.15) is 0 Å². The number of ketones is 1. The summed E-state index contributed by atoms with van der Waals surface area (Å²) in [5.41, 5.74) is 2.35. The minimum Gasteiger partial charge on any atom is -0.308 e. The predicted octanol–water partition coefficient (Wildman–Crippen LogP) is 7.87. The quantitative estimate of drug-likeness (QED) is 0.263. The van der Waals surface area contributed by atoms with Crippen LogP contribution in [0.25, 0.3) is 0 Å². The molecule has 2 nitrogen and oxygen atoms in total. The molecule has 4 aromatic rings. The van der Waals surface area contributed by atoms with Crippen molar-refractivity contribution in [3.63, 3.8) is 0 Å². The maximum atomic E-state index is 13.4. The summed E-state index contributed by atoms with van der Waals surface area (Å²) in [7, 11) is 0. The number of nitrogens with zero attached hydrogens (tertiary/aromatic N) is 1. The zero-order chi connectivity index (χ0) is 22.3. The molecule has 32 heavy (non-hydrogen) atoms. The van der Waals surface area contributed by atoms with E-state index < -0.39 is 11.7 Å². The smallest absolute Gasteiger partial charge is 0.308 e. The largest absolute Gasteiger partial charge is 0.416 e. The highest BCUT2D eigenvalue weighted by Crippen LogP contribution is 2.52. The molecule has 158 valence electrons. The summed E-state index contributed by atoms with van der Waals surface area (Å²) < 4.78 is 40.3. The Balaban J connectivity index is 1.59. The van der Waals surface area contributed by atoms with E-state index >= 15 is 0 Å². The van der Waals surface area contributed by atoms with Gasteiger partial charge in [-0.1, -0.05) is 54.2 Å². The third-order valence-electron chi connectivity index (χ3n) is 5.28. The molecule has 0 unspecified atom stereocenters. The SMILES string of the molecule is O=C(c1ccccc1)c1ccc(N2c3ccccc3Sc3ccc(C(F)(F)F)cc32)cc1. The molecule has 1 aliphatic heterocycles. The molecule has 4 aromatic carbocycles. The average Bonchev–Trinajstić information content (AvgIpc) is 2.82. The van der Waals surface area contributed by atoms with Crippen LogP contribution in [-0.4, -0.2) is 5.78 Å². The molecule has 5 rings (SSSR count). The number of halogens is 3. The molecule has 6 heteroatoms. The Kier molecular flexibility index (Phi) is 5.02. The van der Waals surface area contributed by atoms with E-state index in [0.717, 1.165) is 21.5 Å². The molecular weight excluding hydrogens is 431 g/mol. The van der Waals surface area contributed by atoms with Crippen LogP contribution in [0.3, 0.4) is 0 Å². The number of carbonyl (C=O) groups excluding carboxylic acids is 1. The first-order valence-corrected chi connectivity index (χ1v) is 10.7. The van der Waals surface area contributed by atoms with Gasteiger partial charge in [-0.3, -0.25) is 4.79 Å². The highest BCUT2D eigenvalue weighted by molar-refractivity contribution is 7.99. The molecule has 1 aliphatic rings. The molecule has 0 aliphatic carbocycles. The standard InChI is InChI=1S/C26H16F3NOS/c27-26(28,29)19-12-15-24-22(16-19)30(21-8-4-5-9-23(21)32-24)20-13-10-18(11-14-20)25(31)17-6-2-1-3-7-17/h1-16H. The Bertz CT molecular complexity index is 1300. The van der Waals surface area contributed by atoms with Crippen LogP contribution in [-0.2, 0) is 6.18 Å². The first-order chi connectivity index (χ1) is 15.4. The van der Waals surface area contributed by atoms with Gasteiger partial charge in [0.2, 0.25) is 0 Å². The Morgan fingerprint density at radius 1 is 0.688 bits per heavy atom. The highest BCUT2D eigenvalue weighted by Gasteiger charge is 2.33. The van der Waals surface area contributed by atoms with Gasteiger partial charge in [0.25, 0.3) is 0 Å². The van der Waals surface area contributed by atoms with Gasteiger partial charge in [-0.2, -0.15) is 13.2 Å². The molecule has 0 bridgehead atoms. The van der Waals surface area contributed by atoms with Gasteiger partial charge in [-0.25, -0.2) is 0 Å². The van der Waals surface area contributed by atoms with Crippen LogP contribution in [0.15, 0.2) is 107 Å². The number of alkyl halides is 3. The molecule has 0 atom stereocenters. The van der Waals surface area contributed by atoms with Crippen molar-refractivity contribution in [2.75, 3.05) is 4.90 Å². The van der Waals surface area contributed by atoms with Crippen LogP contribution in [0.5, 0.6) is 0 Å². The second kappa shape index (κ2) is 7.88. The van der Waals surface area contributed by atoms with Crippen LogP contribution in [0.2, 0.25) is 0 Å². The number of fused-ring (bicyclic) bond motifs is 2. The maximum absolute atomic E-state index is 13.4. The van der Waals surface area contributed by atoms with Crippen LogP contribution < -0.4 is 4.90 Å². The Morgan fingerprint density at radius 2 is 1.31 bits per heavy atom. The van der Waals surface area contributed by atoms with E-state index in [0.29, 0.717) is 22.5 Å². The minimum absolute atomic E-state index is 0.105. The molecule has 0 saturated heterocycles. The van der Waals surface area contributed by atoms with Crippen LogP contribution in [0.1, 0.15) is 21.5 Å². The van der Waals surface area contributed by atoms with Crippen molar-refractivity contribution in [2.45, 2.75) is 16.0 Å². The van der Waals surface area contributed by atoms with Crippen molar-refractivity contribution in [3.8, 4) is 0 Å². The summed E-state index contributed by atoms with van der Waals surface area (Å²) in [6.45, 7) is 0.